The van der Waals surface area contributed by atoms with Gasteiger partial charge in [0.25, 0.3) is 0 Å². The number of likely N-dealkylation sites (tertiary alicyclic amines) is 2. The minimum Gasteiger partial charge on any atom is -0.282 e. The minimum absolute atomic E-state index is 0.0145. The first-order chi connectivity index (χ1) is 15.3. The molecule has 4 fully saturated rings. The van der Waals surface area contributed by atoms with E-state index in [-0.39, 0.29) is 59.1 Å². The third kappa shape index (κ3) is 2.31. The van der Waals surface area contributed by atoms with Gasteiger partial charge in [0.15, 0.2) is 0 Å². The summed E-state index contributed by atoms with van der Waals surface area (Å²) in [5.41, 5.74) is -1.06. The quantitative estimate of drug-likeness (QED) is 0.349. The molecule has 170 valence electrons. The Morgan fingerprint density at radius 3 is 1.47 bits per heavy atom. The summed E-state index contributed by atoms with van der Waals surface area (Å²) in [7, 11) is 0. The van der Waals surface area contributed by atoms with Crippen molar-refractivity contribution in [2.75, 3.05) is 13.1 Å². The molecule has 0 aromatic carbocycles. The number of carbonyl (C=O) groups excluding carboxylic acids is 4. The van der Waals surface area contributed by atoms with Crippen molar-refractivity contribution in [3.63, 3.8) is 0 Å². The fourth-order valence-corrected chi connectivity index (χ4v) is 8.09. The Hall–Kier alpha value is -2.24. The number of unbranched alkanes of at least 4 members (excludes halogenated alkanes) is 3. The molecule has 6 heteroatoms. The first kappa shape index (κ1) is 20.4. The van der Waals surface area contributed by atoms with E-state index in [2.05, 4.69) is 24.3 Å². The first-order valence-corrected chi connectivity index (χ1v) is 12.4. The number of hydrogen-bond donors (Lipinski definition) is 0. The van der Waals surface area contributed by atoms with E-state index < -0.39 is 10.8 Å². The molecule has 0 radical (unpaired) electrons. The predicted octanol–water partition coefficient (Wildman–Crippen LogP) is 2.94. The van der Waals surface area contributed by atoms with E-state index in [9.17, 15) is 19.2 Å². The normalized spacial score (nSPS) is 45.2. The van der Waals surface area contributed by atoms with Crippen molar-refractivity contribution in [3.8, 4) is 0 Å². The van der Waals surface area contributed by atoms with Crippen molar-refractivity contribution in [2.45, 2.75) is 52.4 Å². The van der Waals surface area contributed by atoms with Crippen LogP contribution in [0.2, 0.25) is 0 Å². The Labute approximate surface area is 189 Å². The van der Waals surface area contributed by atoms with Gasteiger partial charge in [-0.25, -0.2) is 0 Å². The van der Waals surface area contributed by atoms with Crippen LogP contribution in [0.4, 0.5) is 0 Å². The molecule has 6 rings (SSSR count). The van der Waals surface area contributed by atoms with Crippen LogP contribution in [0.15, 0.2) is 24.3 Å². The van der Waals surface area contributed by atoms with E-state index in [0.29, 0.717) is 13.1 Å². The van der Waals surface area contributed by atoms with Gasteiger partial charge in [-0.3, -0.25) is 29.0 Å². The van der Waals surface area contributed by atoms with Crippen LogP contribution in [0, 0.1) is 46.3 Å². The Kier molecular flexibility index (Phi) is 4.23. The zero-order valence-electron chi connectivity index (χ0n) is 19.0. The molecule has 4 aliphatic carbocycles. The fourth-order valence-electron chi connectivity index (χ4n) is 8.09. The Balaban J connectivity index is 0.985. The molecule has 6 nitrogen and oxygen atoms in total. The number of amides is 4. The molecule has 32 heavy (non-hydrogen) atoms. The van der Waals surface area contributed by atoms with Crippen LogP contribution < -0.4 is 0 Å². The molecule has 2 heterocycles. The van der Waals surface area contributed by atoms with Gasteiger partial charge in [0.1, 0.15) is 0 Å². The molecule has 2 saturated heterocycles. The minimum atomic E-state index is -0.532. The van der Waals surface area contributed by atoms with Gasteiger partial charge in [0.2, 0.25) is 23.6 Å². The average Bonchev–Trinajstić information content (AvgIpc) is 3.57. The van der Waals surface area contributed by atoms with E-state index in [1.54, 1.807) is 0 Å². The number of rotatable bonds is 7. The summed E-state index contributed by atoms with van der Waals surface area (Å²) in [5.74, 6) is 0.619. The largest absolute Gasteiger partial charge is 0.282 e. The Bertz CT molecular complexity index is 906. The molecule has 8 unspecified atom stereocenters. The molecule has 0 aromatic heterocycles. The summed E-state index contributed by atoms with van der Waals surface area (Å²) >= 11 is 0. The van der Waals surface area contributed by atoms with Gasteiger partial charge in [-0.1, -0.05) is 37.1 Å². The topological polar surface area (TPSA) is 74.8 Å². The van der Waals surface area contributed by atoms with Crippen LogP contribution in [-0.2, 0) is 19.2 Å². The van der Waals surface area contributed by atoms with Crippen molar-refractivity contribution in [3.05, 3.63) is 24.3 Å². The molecule has 0 spiro atoms. The van der Waals surface area contributed by atoms with Crippen molar-refractivity contribution >= 4 is 23.6 Å². The van der Waals surface area contributed by atoms with Gasteiger partial charge in [-0.2, -0.15) is 0 Å². The summed E-state index contributed by atoms with van der Waals surface area (Å²) in [6.07, 6.45) is 13.7. The maximum atomic E-state index is 13.0. The molecule has 0 N–H and O–H groups in total. The second-order valence-corrected chi connectivity index (χ2v) is 11.3. The summed E-state index contributed by atoms with van der Waals surface area (Å²) in [4.78, 5) is 55.0. The van der Waals surface area contributed by atoms with Gasteiger partial charge in [-0.05, 0) is 63.2 Å². The molecular weight excluding hydrogens is 404 g/mol. The van der Waals surface area contributed by atoms with Crippen molar-refractivity contribution in [1.29, 1.82) is 0 Å². The van der Waals surface area contributed by atoms with Crippen molar-refractivity contribution < 1.29 is 19.2 Å². The fraction of sp³-hybridized carbons (Fsp3) is 0.692. The van der Waals surface area contributed by atoms with Crippen LogP contribution in [0.25, 0.3) is 0 Å². The smallest absolute Gasteiger partial charge is 0.236 e. The van der Waals surface area contributed by atoms with Gasteiger partial charge >= 0.3 is 0 Å². The molecule has 0 aromatic rings. The molecule has 2 saturated carbocycles. The van der Waals surface area contributed by atoms with Gasteiger partial charge in [0, 0.05) is 13.1 Å². The lowest BCUT2D eigenvalue weighted by atomic mass is 9.71. The van der Waals surface area contributed by atoms with Crippen molar-refractivity contribution in [2.24, 2.45) is 46.3 Å². The zero-order chi connectivity index (χ0) is 22.4. The van der Waals surface area contributed by atoms with E-state index in [0.717, 1.165) is 38.5 Å². The number of nitrogens with zero attached hydrogens (tertiary/aromatic N) is 2. The van der Waals surface area contributed by atoms with Crippen LogP contribution in [0.3, 0.4) is 0 Å². The van der Waals surface area contributed by atoms with Gasteiger partial charge in [0.05, 0.1) is 22.7 Å². The molecule has 6 aliphatic rings. The SMILES string of the molecule is CC12C(=O)N(CCCCCCN3C(=O)C4C5C=CC(C5)C4(C)C3=O)C(=O)C1C1C=CC2C1. The van der Waals surface area contributed by atoms with Crippen LogP contribution in [0.1, 0.15) is 52.4 Å². The maximum absolute atomic E-state index is 13.0. The second kappa shape index (κ2) is 6.64. The van der Waals surface area contributed by atoms with Gasteiger partial charge in [-0.15, -0.1) is 0 Å². The third-order valence-electron chi connectivity index (χ3n) is 9.91. The highest BCUT2D eigenvalue weighted by Crippen LogP contribution is 2.61. The highest BCUT2D eigenvalue weighted by molar-refractivity contribution is 6.09. The molecule has 4 amide bonds. The monoisotopic (exact) mass is 436 g/mol. The standard InChI is InChI=1S/C26H32N2O4/c1-25-17-9-7-15(13-17)19(25)21(29)27(23(25)31)11-5-3-4-6-12-28-22(30)20-16-8-10-18(14-16)26(20,2)24(28)32/h7-10,15-20H,3-6,11-14H2,1-2H3. The third-order valence-corrected chi connectivity index (χ3v) is 9.91. The molecule has 2 aliphatic heterocycles. The van der Waals surface area contributed by atoms with Gasteiger partial charge < -0.3 is 0 Å². The molecule has 4 bridgehead atoms. The lowest BCUT2D eigenvalue weighted by Crippen LogP contribution is -2.38. The van der Waals surface area contributed by atoms with Crippen molar-refractivity contribution in [1.82, 2.24) is 9.80 Å². The first-order valence-electron chi connectivity index (χ1n) is 12.4. The van der Waals surface area contributed by atoms with E-state index in [1.165, 1.54) is 9.80 Å². The number of allylic oxidation sites excluding steroid dienone is 4. The van der Waals surface area contributed by atoms with Crippen LogP contribution in [0.5, 0.6) is 0 Å². The lowest BCUT2D eigenvalue weighted by Gasteiger charge is -2.28. The predicted molar refractivity (Wildman–Crippen MR) is 117 cm³/mol. The highest BCUT2D eigenvalue weighted by Gasteiger charge is 2.68. The van der Waals surface area contributed by atoms with Crippen LogP contribution >= 0.6 is 0 Å². The van der Waals surface area contributed by atoms with E-state index in [4.69, 9.17) is 0 Å². The number of fused-ring (bicyclic) bond motifs is 10. The average molecular weight is 437 g/mol. The maximum Gasteiger partial charge on any atom is 0.236 e. The Morgan fingerprint density at radius 1 is 0.688 bits per heavy atom. The number of carbonyl (C=O) groups is 4. The summed E-state index contributed by atoms with van der Waals surface area (Å²) in [6, 6.07) is 0. The Morgan fingerprint density at radius 2 is 1.09 bits per heavy atom. The second-order valence-electron chi connectivity index (χ2n) is 11.3. The zero-order valence-corrected chi connectivity index (χ0v) is 19.0. The van der Waals surface area contributed by atoms with E-state index >= 15 is 0 Å². The highest BCUT2D eigenvalue weighted by atomic mass is 16.2. The summed E-state index contributed by atoms with van der Waals surface area (Å²) in [5, 5.41) is 0. The summed E-state index contributed by atoms with van der Waals surface area (Å²) in [6.45, 7) is 4.93. The lowest BCUT2D eigenvalue weighted by molar-refractivity contribution is -0.143. The summed E-state index contributed by atoms with van der Waals surface area (Å²) < 4.78 is 0. The van der Waals surface area contributed by atoms with E-state index in [1.807, 2.05) is 13.8 Å². The molecular formula is C26H32N2O4. The van der Waals surface area contributed by atoms with Crippen LogP contribution in [-0.4, -0.2) is 46.5 Å². The number of hydrogen-bond acceptors (Lipinski definition) is 4. The molecule has 8 atom stereocenters. The number of imide groups is 2.